The minimum absolute atomic E-state index is 0. The molecule has 0 bridgehead atoms. The number of nitrogens with two attached hydrogens (primary N) is 1. The van der Waals surface area contributed by atoms with E-state index in [-0.39, 0.29) is 17.8 Å². The number of hydrogen-bond donors (Lipinski definition) is 1. The number of hydrogen-bond acceptors (Lipinski definition) is 2. The maximum Gasteiger partial charge on any atom is 0.119 e. The molecule has 0 aromatic heterocycles. The van der Waals surface area contributed by atoms with Gasteiger partial charge in [0.25, 0.3) is 0 Å². The molecule has 1 aliphatic carbocycles. The van der Waals surface area contributed by atoms with Gasteiger partial charge in [-0.3, -0.25) is 0 Å². The molecule has 4 rings (SSSR count). The van der Waals surface area contributed by atoms with Gasteiger partial charge in [-0.15, -0.1) is 12.4 Å². The van der Waals surface area contributed by atoms with Crippen LogP contribution in [0.4, 0.5) is 0 Å². The minimum Gasteiger partial charge on any atom is -0.497 e. The van der Waals surface area contributed by atoms with Crippen LogP contribution in [0, 0.1) is 0 Å². The molecule has 0 heterocycles. The van der Waals surface area contributed by atoms with Gasteiger partial charge in [-0.05, 0) is 64.6 Å². The highest BCUT2D eigenvalue weighted by molar-refractivity contribution is 6.05. The quantitative estimate of drug-likeness (QED) is 0.633. The molecule has 0 radical (unpaired) electrons. The summed E-state index contributed by atoms with van der Waals surface area (Å²) in [6, 6.07) is 21.7. The Hall–Kier alpha value is -2.29. The lowest BCUT2D eigenvalue weighted by Gasteiger charge is -2.29. The van der Waals surface area contributed by atoms with Crippen molar-refractivity contribution >= 4 is 28.8 Å². The van der Waals surface area contributed by atoms with Crippen LogP contribution >= 0.6 is 12.4 Å². The van der Waals surface area contributed by atoms with Gasteiger partial charge in [0.05, 0.1) is 7.11 Å². The number of rotatable bonds is 5. The molecule has 3 aromatic rings. The summed E-state index contributed by atoms with van der Waals surface area (Å²) in [4.78, 5) is 0. The molecule has 0 amide bonds. The molecule has 2 N–H and O–H groups in total. The Balaban J connectivity index is 0.00000210. The molecule has 140 valence electrons. The lowest BCUT2D eigenvalue weighted by molar-refractivity contribution is 0.414. The number of benzene rings is 3. The van der Waals surface area contributed by atoms with Gasteiger partial charge in [-0.2, -0.15) is 0 Å². The van der Waals surface area contributed by atoms with E-state index in [0.29, 0.717) is 6.54 Å². The highest BCUT2D eigenvalue weighted by atomic mass is 35.5. The third kappa shape index (κ3) is 3.24. The molecule has 0 aliphatic heterocycles. The summed E-state index contributed by atoms with van der Waals surface area (Å²) in [5.41, 5.74) is 11.2. The summed E-state index contributed by atoms with van der Waals surface area (Å²) < 4.78 is 5.43. The van der Waals surface area contributed by atoms with Crippen LogP contribution in [0.2, 0.25) is 0 Å². The summed E-state index contributed by atoms with van der Waals surface area (Å²) in [6.45, 7) is 3.04. The van der Waals surface area contributed by atoms with Gasteiger partial charge < -0.3 is 10.5 Å². The maximum atomic E-state index is 5.83. The number of methoxy groups -OCH3 is 1. The highest BCUT2D eigenvalue weighted by Gasteiger charge is 2.39. The first-order chi connectivity index (χ1) is 12.7. The summed E-state index contributed by atoms with van der Waals surface area (Å²) >= 11 is 0. The average Bonchev–Trinajstić information content (AvgIpc) is 2.90. The van der Waals surface area contributed by atoms with E-state index >= 15 is 0 Å². The van der Waals surface area contributed by atoms with Gasteiger partial charge in [0.15, 0.2) is 0 Å². The monoisotopic (exact) mass is 379 g/mol. The standard InChI is InChI=1S/C24H25NO.ClH/c1-24(16-17-7-3-10-19(15-17)26-2)21(13-6-14-25)20-11-4-8-18-9-5-12-22(24)23(18)20;/h3-5,7-13,15H,6,14,16,25H2,1-2H3;1H. The van der Waals surface area contributed by atoms with E-state index in [1.165, 1.54) is 33.0 Å². The van der Waals surface area contributed by atoms with Crippen LogP contribution in [0.15, 0.2) is 66.7 Å². The minimum atomic E-state index is -0.0648. The largest absolute Gasteiger partial charge is 0.497 e. The Bertz CT molecular complexity index is 989. The van der Waals surface area contributed by atoms with E-state index in [0.717, 1.165) is 18.6 Å². The van der Waals surface area contributed by atoms with Crippen molar-refractivity contribution in [3.63, 3.8) is 0 Å². The molecule has 0 saturated heterocycles. The third-order valence-electron chi connectivity index (χ3n) is 5.59. The van der Waals surface area contributed by atoms with Gasteiger partial charge in [0, 0.05) is 5.41 Å². The average molecular weight is 380 g/mol. The van der Waals surface area contributed by atoms with Crippen molar-refractivity contribution in [3.8, 4) is 5.75 Å². The zero-order valence-corrected chi connectivity index (χ0v) is 16.7. The maximum absolute atomic E-state index is 5.83. The van der Waals surface area contributed by atoms with Gasteiger partial charge in [0.2, 0.25) is 0 Å². The SMILES string of the molecule is COc1cccc(CC2(C)C(=CCCN)c3cccc4cccc2c34)c1.Cl. The molecule has 0 fully saturated rings. The zero-order chi connectivity index (χ0) is 18.1. The summed E-state index contributed by atoms with van der Waals surface area (Å²) in [5.74, 6) is 0.910. The second kappa shape index (κ2) is 7.75. The number of ether oxygens (including phenoxy) is 1. The van der Waals surface area contributed by atoms with Crippen molar-refractivity contribution in [2.24, 2.45) is 5.73 Å². The first-order valence-electron chi connectivity index (χ1n) is 9.23. The van der Waals surface area contributed by atoms with E-state index < -0.39 is 0 Å². The summed E-state index contributed by atoms with van der Waals surface area (Å²) in [5, 5.41) is 2.71. The smallest absolute Gasteiger partial charge is 0.119 e. The predicted molar refractivity (Wildman–Crippen MR) is 117 cm³/mol. The molecule has 27 heavy (non-hydrogen) atoms. The second-order valence-electron chi connectivity index (χ2n) is 7.26. The van der Waals surface area contributed by atoms with Crippen LogP contribution < -0.4 is 10.5 Å². The van der Waals surface area contributed by atoms with E-state index in [9.17, 15) is 0 Å². The van der Waals surface area contributed by atoms with Gasteiger partial charge in [-0.1, -0.05) is 61.5 Å². The Labute approximate surface area is 167 Å². The number of allylic oxidation sites excluding steroid dienone is 1. The van der Waals surface area contributed by atoms with E-state index in [2.05, 4.69) is 67.6 Å². The fourth-order valence-electron chi connectivity index (χ4n) is 4.41. The summed E-state index contributed by atoms with van der Waals surface area (Å²) in [7, 11) is 1.72. The predicted octanol–water partition coefficient (Wildman–Crippen LogP) is 5.52. The first kappa shape index (κ1) is 19.5. The normalized spacial score (nSPS) is 19.3. The molecule has 3 heteroatoms. The Morgan fingerprint density at radius 1 is 1.04 bits per heavy atom. The van der Waals surface area contributed by atoms with Crippen molar-refractivity contribution < 1.29 is 4.74 Å². The Kier molecular flexibility index (Phi) is 5.59. The van der Waals surface area contributed by atoms with E-state index in [1.807, 2.05) is 6.07 Å². The second-order valence-corrected chi connectivity index (χ2v) is 7.26. The summed E-state index contributed by atoms with van der Waals surface area (Å²) in [6.07, 6.45) is 4.18. The Morgan fingerprint density at radius 3 is 2.52 bits per heavy atom. The van der Waals surface area contributed by atoms with Crippen molar-refractivity contribution in [2.45, 2.75) is 25.2 Å². The molecule has 0 saturated carbocycles. The third-order valence-corrected chi connectivity index (χ3v) is 5.59. The molecular weight excluding hydrogens is 354 g/mol. The molecule has 1 unspecified atom stereocenters. The van der Waals surface area contributed by atoms with Gasteiger partial charge in [-0.25, -0.2) is 0 Å². The molecule has 2 nitrogen and oxygen atoms in total. The number of halogens is 1. The van der Waals surface area contributed by atoms with Crippen molar-refractivity contribution in [3.05, 3.63) is 83.4 Å². The van der Waals surface area contributed by atoms with Crippen LogP contribution in [0.5, 0.6) is 5.75 Å². The van der Waals surface area contributed by atoms with Crippen molar-refractivity contribution in [1.82, 2.24) is 0 Å². The van der Waals surface area contributed by atoms with Gasteiger partial charge in [0.1, 0.15) is 5.75 Å². The highest BCUT2D eigenvalue weighted by Crippen LogP contribution is 2.52. The van der Waals surface area contributed by atoms with Crippen LogP contribution in [0.25, 0.3) is 16.3 Å². The van der Waals surface area contributed by atoms with E-state index in [4.69, 9.17) is 10.5 Å². The molecule has 3 aromatic carbocycles. The molecule has 0 spiro atoms. The van der Waals surface area contributed by atoms with Crippen LogP contribution in [0.3, 0.4) is 0 Å². The lowest BCUT2D eigenvalue weighted by Crippen LogP contribution is -2.23. The van der Waals surface area contributed by atoms with Crippen LogP contribution in [-0.2, 0) is 11.8 Å². The lowest BCUT2D eigenvalue weighted by atomic mass is 9.74. The first-order valence-corrected chi connectivity index (χ1v) is 9.23. The molecule has 1 aliphatic rings. The van der Waals surface area contributed by atoms with Crippen molar-refractivity contribution in [1.29, 1.82) is 0 Å². The molecular formula is C24H26ClNO. The van der Waals surface area contributed by atoms with Crippen LogP contribution in [-0.4, -0.2) is 13.7 Å². The fourth-order valence-corrected chi connectivity index (χ4v) is 4.41. The Morgan fingerprint density at radius 2 is 1.78 bits per heavy atom. The fraction of sp³-hybridized carbons (Fsp3) is 0.250. The topological polar surface area (TPSA) is 35.2 Å². The van der Waals surface area contributed by atoms with E-state index in [1.54, 1.807) is 7.11 Å². The zero-order valence-electron chi connectivity index (χ0n) is 15.9. The van der Waals surface area contributed by atoms with Crippen molar-refractivity contribution in [2.75, 3.05) is 13.7 Å². The van der Waals surface area contributed by atoms with Gasteiger partial charge >= 0.3 is 0 Å². The molecule has 1 atom stereocenters. The van der Waals surface area contributed by atoms with Crippen LogP contribution in [0.1, 0.15) is 30.0 Å².